The number of carbonyl (C=O) groups is 3. The number of nitrogens with one attached hydrogen (secondary N) is 1. The molecule has 0 aliphatic carbocycles. The smallest absolute Gasteiger partial charge is 0.354 e. The van der Waals surface area contributed by atoms with E-state index in [4.69, 9.17) is 5.11 Å². The fourth-order valence-corrected chi connectivity index (χ4v) is 1.41. The van der Waals surface area contributed by atoms with Crippen molar-refractivity contribution in [3.8, 4) is 0 Å². The van der Waals surface area contributed by atoms with Crippen LogP contribution in [0.25, 0.3) is 0 Å². The molecule has 7 nitrogen and oxygen atoms in total. The third-order valence-electron chi connectivity index (χ3n) is 2.29. The summed E-state index contributed by atoms with van der Waals surface area (Å²) in [4.78, 5) is 39.0. The van der Waals surface area contributed by atoms with E-state index >= 15 is 0 Å². The minimum Gasteiger partial charge on any atom is -0.477 e. The Morgan fingerprint density at radius 2 is 1.95 bits per heavy atom. The first-order chi connectivity index (χ1) is 8.95. The lowest BCUT2D eigenvalue weighted by molar-refractivity contribution is -0.121. The van der Waals surface area contributed by atoms with Gasteiger partial charge in [-0.15, -0.1) is 0 Å². The van der Waals surface area contributed by atoms with Gasteiger partial charge in [-0.2, -0.15) is 0 Å². The van der Waals surface area contributed by atoms with Crippen LogP contribution < -0.4 is 5.32 Å². The van der Waals surface area contributed by atoms with Crippen LogP contribution in [0.4, 0.5) is 0 Å². The zero-order valence-corrected chi connectivity index (χ0v) is 10.7. The zero-order valence-electron chi connectivity index (χ0n) is 10.7. The molecule has 7 heteroatoms. The number of aromatic carboxylic acids is 1. The summed E-state index contributed by atoms with van der Waals surface area (Å²) in [6.07, 6.45) is 0. The molecule has 0 aliphatic rings. The Balaban J connectivity index is 2.79. The van der Waals surface area contributed by atoms with Crippen LogP contribution in [0.15, 0.2) is 18.2 Å². The van der Waals surface area contributed by atoms with Gasteiger partial charge in [0.2, 0.25) is 5.91 Å². The number of aromatic nitrogens is 1. The number of hydrogen-bond donors (Lipinski definition) is 2. The summed E-state index contributed by atoms with van der Waals surface area (Å²) in [5, 5.41) is 11.4. The number of amides is 2. The SMILES string of the molecule is CCNC(=O)CN(C)C(=O)c1cccc(C(=O)O)n1. The van der Waals surface area contributed by atoms with Crippen LogP contribution >= 0.6 is 0 Å². The first-order valence-electron chi connectivity index (χ1n) is 5.68. The number of pyridine rings is 1. The van der Waals surface area contributed by atoms with Crippen LogP contribution in [0.1, 0.15) is 27.9 Å². The van der Waals surface area contributed by atoms with Crippen molar-refractivity contribution >= 4 is 17.8 Å². The maximum atomic E-state index is 11.9. The van der Waals surface area contributed by atoms with Crippen molar-refractivity contribution in [3.05, 3.63) is 29.6 Å². The molecule has 0 radical (unpaired) electrons. The number of carbonyl (C=O) groups excluding carboxylic acids is 2. The molecule has 0 spiro atoms. The predicted molar refractivity (Wildman–Crippen MR) is 66.8 cm³/mol. The highest BCUT2D eigenvalue weighted by atomic mass is 16.4. The van der Waals surface area contributed by atoms with Crippen LogP contribution in [0, 0.1) is 0 Å². The van der Waals surface area contributed by atoms with E-state index in [-0.39, 0.29) is 23.8 Å². The standard InChI is InChI=1S/C12H15N3O4/c1-3-13-10(16)7-15(2)11(17)8-5-4-6-9(14-8)12(18)19/h4-6H,3,7H2,1-2H3,(H,13,16)(H,18,19). The van der Waals surface area contributed by atoms with Crippen LogP contribution in [0.5, 0.6) is 0 Å². The van der Waals surface area contributed by atoms with Crippen LogP contribution in [0.3, 0.4) is 0 Å². The Morgan fingerprint density at radius 1 is 1.32 bits per heavy atom. The number of nitrogens with zero attached hydrogens (tertiary/aromatic N) is 2. The lowest BCUT2D eigenvalue weighted by atomic mass is 10.2. The topological polar surface area (TPSA) is 99.6 Å². The molecule has 102 valence electrons. The largest absolute Gasteiger partial charge is 0.477 e. The van der Waals surface area contributed by atoms with Crippen LogP contribution in [-0.4, -0.2) is 52.9 Å². The van der Waals surface area contributed by atoms with Gasteiger partial charge in [-0.25, -0.2) is 9.78 Å². The highest BCUT2D eigenvalue weighted by Crippen LogP contribution is 2.03. The molecule has 1 aromatic heterocycles. The second-order valence-corrected chi connectivity index (χ2v) is 3.83. The fraction of sp³-hybridized carbons (Fsp3) is 0.333. The summed E-state index contributed by atoms with van der Waals surface area (Å²) in [7, 11) is 1.45. The molecule has 0 saturated heterocycles. The van der Waals surface area contributed by atoms with E-state index in [1.165, 1.54) is 30.1 Å². The van der Waals surface area contributed by atoms with E-state index in [0.717, 1.165) is 0 Å². The van der Waals surface area contributed by atoms with Crippen molar-refractivity contribution in [2.75, 3.05) is 20.1 Å². The van der Waals surface area contributed by atoms with E-state index in [9.17, 15) is 14.4 Å². The molecule has 19 heavy (non-hydrogen) atoms. The Kier molecular flexibility index (Phi) is 4.99. The minimum absolute atomic E-state index is 0.00769. The molecule has 1 rings (SSSR count). The molecular weight excluding hydrogens is 250 g/mol. The van der Waals surface area contributed by atoms with E-state index in [0.29, 0.717) is 6.54 Å². The molecule has 2 N–H and O–H groups in total. The first-order valence-corrected chi connectivity index (χ1v) is 5.68. The fourth-order valence-electron chi connectivity index (χ4n) is 1.41. The van der Waals surface area contributed by atoms with E-state index in [1.54, 1.807) is 6.92 Å². The quantitative estimate of drug-likeness (QED) is 0.780. The molecule has 1 aromatic rings. The maximum absolute atomic E-state index is 11.9. The zero-order chi connectivity index (χ0) is 14.4. The van der Waals surface area contributed by atoms with Crippen molar-refractivity contribution < 1.29 is 19.5 Å². The predicted octanol–water partition coefficient (Wildman–Crippen LogP) is -0.0121. The van der Waals surface area contributed by atoms with Gasteiger partial charge in [0, 0.05) is 13.6 Å². The average molecular weight is 265 g/mol. The van der Waals surface area contributed by atoms with Crippen molar-refractivity contribution in [1.29, 1.82) is 0 Å². The van der Waals surface area contributed by atoms with Gasteiger partial charge in [-0.1, -0.05) is 6.07 Å². The van der Waals surface area contributed by atoms with E-state index in [2.05, 4.69) is 10.3 Å². The normalized spacial score (nSPS) is 9.79. The summed E-state index contributed by atoms with van der Waals surface area (Å²) in [5.74, 6) is -2.00. The Bertz CT molecular complexity index is 502. The highest BCUT2D eigenvalue weighted by Gasteiger charge is 2.17. The van der Waals surface area contributed by atoms with Gasteiger partial charge in [-0.3, -0.25) is 9.59 Å². The second-order valence-electron chi connectivity index (χ2n) is 3.83. The number of hydrogen-bond acceptors (Lipinski definition) is 4. The first kappa shape index (κ1) is 14.6. The molecule has 0 aliphatic heterocycles. The van der Waals surface area contributed by atoms with Gasteiger partial charge in [0.05, 0.1) is 6.54 Å². The summed E-state index contributed by atoms with van der Waals surface area (Å²) in [5.41, 5.74) is -0.219. The van der Waals surface area contributed by atoms with Gasteiger partial charge in [0.15, 0.2) is 0 Å². The summed E-state index contributed by atoms with van der Waals surface area (Å²) >= 11 is 0. The third kappa shape index (κ3) is 4.06. The van der Waals surface area contributed by atoms with Gasteiger partial charge in [-0.05, 0) is 19.1 Å². The minimum atomic E-state index is -1.21. The molecule has 0 aromatic carbocycles. The van der Waals surface area contributed by atoms with Crippen molar-refractivity contribution in [2.24, 2.45) is 0 Å². The Labute approximate surface area is 110 Å². The van der Waals surface area contributed by atoms with Gasteiger partial charge in [0.1, 0.15) is 11.4 Å². The molecule has 0 unspecified atom stereocenters. The molecular formula is C12H15N3O4. The average Bonchev–Trinajstić information content (AvgIpc) is 2.38. The Morgan fingerprint density at radius 3 is 2.53 bits per heavy atom. The number of rotatable bonds is 5. The van der Waals surface area contributed by atoms with Gasteiger partial charge in [0.25, 0.3) is 5.91 Å². The van der Waals surface area contributed by atoms with Crippen molar-refractivity contribution in [2.45, 2.75) is 6.92 Å². The molecule has 0 fully saturated rings. The number of likely N-dealkylation sites (N-methyl/N-ethyl adjacent to an activating group) is 2. The van der Waals surface area contributed by atoms with Crippen molar-refractivity contribution in [3.63, 3.8) is 0 Å². The van der Waals surface area contributed by atoms with Crippen molar-refractivity contribution in [1.82, 2.24) is 15.2 Å². The van der Waals surface area contributed by atoms with Gasteiger partial charge < -0.3 is 15.3 Å². The lowest BCUT2D eigenvalue weighted by Gasteiger charge is -2.16. The van der Waals surface area contributed by atoms with E-state index in [1.807, 2.05) is 0 Å². The highest BCUT2D eigenvalue weighted by molar-refractivity contribution is 5.96. The van der Waals surface area contributed by atoms with Crippen LogP contribution in [-0.2, 0) is 4.79 Å². The van der Waals surface area contributed by atoms with Gasteiger partial charge >= 0.3 is 5.97 Å². The Hall–Kier alpha value is -2.44. The van der Waals surface area contributed by atoms with Crippen LogP contribution in [0.2, 0.25) is 0 Å². The molecule has 0 saturated carbocycles. The summed E-state index contributed by atoms with van der Waals surface area (Å²) in [6, 6.07) is 4.13. The molecule has 0 atom stereocenters. The number of carboxylic acid groups (broad SMARTS) is 1. The molecule has 2 amide bonds. The maximum Gasteiger partial charge on any atom is 0.354 e. The second kappa shape index (κ2) is 6.48. The summed E-state index contributed by atoms with van der Waals surface area (Å²) in [6.45, 7) is 2.15. The molecule has 0 bridgehead atoms. The third-order valence-corrected chi connectivity index (χ3v) is 2.29. The lowest BCUT2D eigenvalue weighted by Crippen LogP contribution is -2.38. The van der Waals surface area contributed by atoms with E-state index < -0.39 is 11.9 Å². The number of carboxylic acids is 1. The monoisotopic (exact) mass is 265 g/mol. The summed E-state index contributed by atoms with van der Waals surface area (Å²) < 4.78 is 0. The molecule has 1 heterocycles.